The molecule has 1 aliphatic heterocycles. The Morgan fingerprint density at radius 1 is 1.50 bits per heavy atom. The predicted octanol–water partition coefficient (Wildman–Crippen LogP) is 1.37. The van der Waals surface area contributed by atoms with E-state index in [4.69, 9.17) is 11.1 Å². The molecule has 1 unspecified atom stereocenters. The standard InChI is InChI=1S/C13H17BrN4O2/c14-12(16)9-7-17-11(6-10(9)15)13(20)18-4-1-2-8(19)3-5-18/h6-8,16,19H,1-5H2,(H2,15,17). The van der Waals surface area contributed by atoms with Crippen LogP contribution >= 0.6 is 15.9 Å². The number of nitrogens with two attached hydrogens (primary N) is 1. The fraction of sp³-hybridized carbons (Fsp3) is 0.462. The summed E-state index contributed by atoms with van der Waals surface area (Å²) in [6.45, 7) is 1.14. The Bertz CT molecular complexity index is 535. The van der Waals surface area contributed by atoms with Crippen molar-refractivity contribution in [3.8, 4) is 0 Å². The third kappa shape index (κ3) is 3.34. The Labute approximate surface area is 125 Å². The van der Waals surface area contributed by atoms with E-state index in [2.05, 4.69) is 20.9 Å². The lowest BCUT2D eigenvalue weighted by molar-refractivity contribution is 0.0747. The summed E-state index contributed by atoms with van der Waals surface area (Å²) < 4.78 is 0.138. The summed E-state index contributed by atoms with van der Waals surface area (Å²) in [6, 6.07) is 1.49. The van der Waals surface area contributed by atoms with E-state index in [1.807, 2.05) is 0 Å². The molecule has 108 valence electrons. The van der Waals surface area contributed by atoms with Crippen LogP contribution in [-0.2, 0) is 0 Å². The smallest absolute Gasteiger partial charge is 0.272 e. The van der Waals surface area contributed by atoms with Crippen LogP contribution in [0.1, 0.15) is 35.3 Å². The molecule has 1 aliphatic rings. The zero-order chi connectivity index (χ0) is 14.7. The third-order valence-electron chi connectivity index (χ3n) is 3.38. The maximum atomic E-state index is 12.4. The summed E-state index contributed by atoms with van der Waals surface area (Å²) in [4.78, 5) is 18.1. The van der Waals surface area contributed by atoms with Gasteiger partial charge in [0.1, 0.15) is 10.3 Å². The second-order valence-electron chi connectivity index (χ2n) is 4.85. The van der Waals surface area contributed by atoms with Gasteiger partial charge in [-0.3, -0.25) is 15.2 Å². The van der Waals surface area contributed by atoms with Crippen LogP contribution in [0.4, 0.5) is 5.69 Å². The Hall–Kier alpha value is -1.47. The molecule has 0 saturated carbocycles. The quantitative estimate of drug-likeness (QED) is 0.707. The summed E-state index contributed by atoms with van der Waals surface area (Å²) >= 11 is 3.03. The van der Waals surface area contributed by atoms with E-state index in [0.717, 1.165) is 12.8 Å². The lowest BCUT2D eigenvalue weighted by Crippen LogP contribution is -2.33. The van der Waals surface area contributed by atoms with E-state index in [1.54, 1.807) is 4.90 Å². The van der Waals surface area contributed by atoms with Gasteiger partial charge in [0, 0.05) is 30.5 Å². The van der Waals surface area contributed by atoms with Crippen molar-refractivity contribution in [2.45, 2.75) is 25.4 Å². The van der Waals surface area contributed by atoms with Crippen molar-refractivity contribution in [1.29, 1.82) is 5.41 Å². The van der Waals surface area contributed by atoms with Gasteiger partial charge in [-0.2, -0.15) is 0 Å². The fourth-order valence-corrected chi connectivity index (χ4v) is 2.55. The molecule has 0 aromatic carbocycles. The van der Waals surface area contributed by atoms with Crippen LogP contribution in [0.25, 0.3) is 0 Å². The van der Waals surface area contributed by atoms with Crippen LogP contribution in [-0.4, -0.2) is 44.7 Å². The molecule has 20 heavy (non-hydrogen) atoms. The number of nitrogen functional groups attached to an aromatic ring is 1. The van der Waals surface area contributed by atoms with Crippen molar-refractivity contribution in [2.75, 3.05) is 18.8 Å². The van der Waals surface area contributed by atoms with Gasteiger partial charge in [-0.25, -0.2) is 0 Å². The lowest BCUT2D eigenvalue weighted by Gasteiger charge is -2.20. The molecule has 2 heterocycles. The first-order chi connectivity index (χ1) is 9.49. The minimum absolute atomic E-state index is 0.138. The molecule has 0 bridgehead atoms. The van der Waals surface area contributed by atoms with Crippen LogP contribution in [0, 0.1) is 5.41 Å². The van der Waals surface area contributed by atoms with Gasteiger partial charge >= 0.3 is 0 Å². The van der Waals surface area contributed by atoms with Gasteiger partial charge in [0.05, 0.1) is 6.10 Å². The minimum Gasteiger partial charge on any atom is -0.398 e. The van der Waals surface area contributed by atoms with E-state index in [0.29, 0.717) is 30.8 Å². The number of aliphatic hydroxyl groups is 1. The number of hydrogen-bond acceptors (Lipinski definition) is 5. The first-order valence-corrected chi connectivity index (χ1v) is 7.25. The molecular formula is C13H17BrN4O2. The third-order valence-corrected chi connectivity index (χ3v) is 3.80. The maximum absolute atomic E-state index is 12.4. The van der Waals surface area contributed by atoms with E-state index in [1.165, 1.54) is 12.3 Å². The number of rotatable bonds is 2. The van der Waals surface area contributed by atoms with E-state index >= 15 is 0 Å². The van der Waals surface area contributed by atoms with Crippen molar-refractivity contribution in [1.82, 2.24) is 9.88 Å². The van der Waals surface area contributed by atoms with Crippen molar-refractivity contribution in [3.63, 3.8) is 0 Å². The number of aliphatic hydroxyl groups excluding tert-OH is 1. The van der Waals surface area contributed by atoms with Crippen molar-refractivity contribution in [3.05, 3.63) is 23.5 Å². The topological polar surface area (TPSA) is 103 Å². The zero-order valence-corrected chi connectivity index (χ0v) is 12.6. The summed E-state index contributed by atoms with van der Waals surface area (Å²) in [5, 5.41) is 17.1. The monoisotopic (exact) mass is 340 g/mol. The highest BCUT2D eigenvalue weighted by Gasteiger charge is 2.22. The molecule has 1 atom stereocenters. The Balaban J connectivity index is 2.16. The van der Waals surface area contributed by atoms with Gasteiger partial charge in [0.25, 0.3) is 5.91 Å². The van der Waals surface area contributed by atoms with Crippen molar-refractivity contribution < 1.29 is 9.90 Å². The largest absolute Gasteiger partial charge is 0.398 e. The Kier molecular flexibility index (Phi) is 4.72. The molecule has 1 aromatic heterocycles. The molecule has 0 spiro atoms. The van der Waals surface area contributed by atoms with Gasteiger partial charge in [0.2, 0.25) is 0 Å². The summed E-state index contributed by atoms with van der Waals surface area (Å²) in [6.07, 6.45) is 3.19. The number of carbonyl (C=O) groups excluding carboxylic acids is 1. The number of pyridine rings is 1. The van der Waals surface area contributed by atoms with Crippen LogP contribution < -0.4 is 5.73 Å². The SMILES string of the molecule is N=C(Br)c1cnc(C(=O)N2CCCC(O)CC2)cc1N. The molecule has 1 aromatic rings. The van der Waals surface area contributed by atoms with E-state index in [-0.39, 0.29) is 22.3 Å². The van der Waals surface area contributed by atoms with Gasteiger partial charge in [-0.15, -0.1) is 0 Å². The van der Waals surface area contributed by atoms with Crippen LogP contribution in [0.3, 0.4) is 0 Å². The highest BCUT2D eigenvalue weighted by molar-refractivity contribution is 9.18. The number of likely N-dealkylation sites (tertiary alicyclic amines) is 1. The Morgan fingerprint density at radius 3 is 2.90 bits per heavy atom. The second kappa shape index (κ2) is 6.32. The van der Waals surface area contributed by atoms with Crippen LogP contribution in [0.15, 0.2) is 12.3 Å². The Morgan fingerprint density at radius 2 is 2.25 bits per heavy atom. The molecule has 7 heteroatoms. The summed E-state index contributed by atoms with van der Waals surface area (Å²) in [5.41, 5.74) is 6.91. The number of amides is 1. The summed E-state index contributed by atoms with van der Waals surface area (Å²) in [5.74, 6) is -0.182. The number of anilines is 1. The maximum Gasteiger partial charge on any atom is 0.272 e. The molecule has 0 aliphatic carbocycles. The van der Waals surface area contributed by atoms with E-state index in [9.17, 15) is 9.90 Å². The zero-order valence-electron chi connectivity index (χ0n) is 11.0. The van der Waals surface area contributed by atoms with Crippen molar-refractivity contribution in [2.24, 2.45) is 0 Å². The lowest BCUT2D eigenvalue weighted by atomic mass is 10.2. The van der Waals surface area contributed by atoms with E-state index < -0.39 is 0 Å². The van der Waals surface area contributed by atoms with Gasteiger partial charge in [0.15, 0.2) is 0 Å². The average Bonchev–Trinajstić information content (AvgIpc) is 2.62. The van der Waals surface area contributed by atoms with Gasteiger partial charge in [-0.1, -0.05) is 0 Å². The normalized spacial score (nSPS) is 19.5. The molecule has 4 N–H and O–H groups in total. The molecule has 1 amide bonds. The molecule has 6 nitrogen and oxygen atoms in total. The first kappa shape index (κ1) is 14.9. The first-order valence-electron chi connectivity index (χ1n) is 6.46. The number of halogens is 1. The molecule has 2 rings (SSSR count). The number of carbonyl (C=O) groups is 1. The fourth-order valence-electron chi connectivity index (χ4n) is 2.22. The van der Waals surface area contributed by atoms with Crippen molar-refractivity contribution >= 4 is 32.1 Å². The highest BCUT2D eigenvalue weighted by atomic mass is 79.9. The number of nitrogens with zero attached hydrogens (tertiary/aromatic N) is 2. The number of aromatic nitrogens is 1. The number of hydrogen-bond donors (Lipinski definition) is 3. The molecule has 1 saturated heterocycles. The van der Waals surface area contributed by atoms with Crippen LogP contribution in [0.5, 0.6) is 0 Å². The average molecular weight is 341 g/mol. The molecule has 0 radical (unpaired) electrons. The number of nitrogens with one attached hydrogen (secondary N) is 1. The second-order valence-corrected chi connectivity index (χ2v) is 5.64. The predicted molar refractivity (Wildman–Crippen MR) is 80.2 cm³/mol. The highest BCUT2D eigenvalue weighted by Crippen LogP contribution is 2.18. The van der Waals surface area contributed by atoms with Gasteiger partial charge < -0.3 is 15.7 Å². The van der Waals surface area contributed by atoms with Gasteiger partial charge in [-0.05, 0) is 41.3 Å². The minimum atomic E-state index is -0.331. The van der Waals surface area contributed by atoms with Crippen LogP contribution in [0.2, 0.25) is 0 Å². The molecule has 1 fully saturated rings. The molecular weight excluding hydrogens is 324 g/mol. The summed E-state index contributed by atoms with van der Waals surface area (Å²) in [7, 11) is 0.